The first kappa shape index (κ1) is 16.9. The van der Waals surface area contributed by atoms with Crippen molar-refractivity contribution in [3.63, 3.8) is 0 Å². The number of sulfonamides is 1. The number of benzene rings is 3. The van der Waals surface area contributed by atoms with Gasteiger partial charge in [-0.15, -0.1) is 0 Å². The molecule has 0 aliphatic rings. The van der Waals surface area contributed by atoms with Crippen LogP contribution in [0.3, 0.4) is 0 Å². The summed E-state index contributed by atoms with van der Waals surface area (Å²) in [6.07, 6.45) is 0. The summed E-state index contributed by atoms with van der Waals surface area (Å²) in [5.74, 6) is 1.29. The monoisotopic (exact) mass is 381 g/mol. The number of ether oxygens (including phenoxy) is 1. The van der Waals surface area contributed by atoms with Crippen LogP contribution in [-0.4, -0.2) is 18.4 Å². The van der Waals surface area contributed by atoms with E-state index in [9.17, 15) is 13.2 Å². The molecule has 0 fully saturated rings. The highest BCUT2D eigenvalue weighted by Crippen LogP contribution is 2.24. The third-order valence-electron chi connectivity index (χ3n) is 3.88. The van der Waals surface area contributed by atoms with Gasteiger partial charge < -0.3 is 14.7 Å². The summed E-state index contributed by atoms with van der Waals surface area (Å²) in [6.45, 7) is 0. The zero-order chi connectivity index (χ0) is 18.9. The lowest BCUT2D eigenvalue weighted by Crippen LogP contribution is -2.12. The third-order valence-corrected chi connectivity index (χ3v) is 5.26. The van der Waals surface area contributed by atoms with E-state index >= 15 is 0 Å². The molecular weight excluding hydrogens is 366 g/mol. The summed E-state index contributed by atoms with van der Waals surface area (Å²) in [5.41, 5.74) is 0.982. The molecule has 1 heterocycles. The van der Waals surface area contributed by atoms with Gasteiger partial charge >= 0.3 is 5.69 Å². The SMILES string of the molecule is O=c1[nH]c2ccc(S(=O)(=O)Nc3ccc(Oc4ccccc4)cc3)cc2[nH]1. The van der Waals surface area contributed by atoms with Gasteiger partial charge in [0.25, 0.3) is 10.0 Å². The van der Waals surface area contributed by atoms with Gasteiger partial charge in [-0.25, -0.2) is 13.2 Å². The smallest absolute Gasteiger partial charge is 0.323 e. The van der Waals surface area contributed by atoms with Crippen LogP contribution in [0.5, 0.6) is 11.5 Å². The number of imidazole rings is 1. The zero-order valence-corrected chi connectivity index (χ0v) is 14.8. The molecule has 7 nitrogen and oxygen atoms in total. The van der Waals surface area contributed by atoms with E-state index < -0.39 is 10.0 Å². The maximum absolute atomic E-state index is 12.6. The van der Waals surface area contributed by atoms with Crippen LogP contribution in [0, 0.1) is 0 Å². The Kier molecular flexibility index (Phi) is 4.17. The molecule has 0 amide bonds. The molecule has 0 unspecified atom stereocenters. The molecule has 27 heavy (non-hydrogen) atoms. The van der Waals surface area contributed by atoms with Crippen LogP contribution in [0.1, 0.15) is 0 Å². The fourth-order valence-electron chi connectivity index (χ4n) is 2.61. The standard InChI is InChI=1S/C19H15N3O4S/c23-19-20-17-11-10-16(12-18(17)21-19)27(24,25)22-13-6-8-15(9-7-13)26-14-4-2-1-3-5-14/h1-12,22H,(H2,20,21,23). The highest BCUT2D eigenvalue weighted by atomic mass is 32.2. The van der Waals surface area contributed by atoms with E-state index in [-0.39, 0.29) is 10.6 Å². The van der Waals surface area contributed by atoms with E-state index in [1.807, 2.05) is 30.3 Å². The van der Waals surface area contributed by atoms with Gasteiger partial charge in [0.15, 0.2) is 0 Å². The van der Waals surface area contributed by atoms with Gasteiger partial charge in [-0.1, -0.05) is 18.2 Å². The van der Waals surface area contributed by atoms with Gasteiger partial charge in [0, 0.05) is 5.69 Å². The number of fused-ring (bicyclic) bond motifs is 1. The summed E-state index contributed by atoms with van der Waals surface area (Å²) in [6, 6.07) is 20.3. The Bertz CT molecular complexity index is 1240. The van der Waals surface area contributed by atoms with Crippen LogP contribution in [0.15, 0.2) is 82.5 Å². The lowest BCUT2D eigenvalue weighted by atomic mass is 10.3. The van der Waals surface area contributed by atoms with Gasteiger partial charge in [0.2, 0.25) is 0 Å². The topological polar surface area (TPSA) is 104 Å². The predicted octanol–water partition coefficient (Wildman–Crippen LogP) is 3.45. The summed E-state index contributed by atoms with van der Waals surface area (Å²) in [5, 5.41) is 0. The molecule has 136 valence electrons. The van der Waals surface area contributed by atoms with Crippen molar-refractivity contribution >= 4 is 26.7 Å². The second kappa shape index (κ2) is 6.65. The summed E-state index contributed by atoms with van der Waals surface area (Å²) in [4.78, 5) is 16.5. The normalized spacial score (nSPS) is 11.4. The molecule has 0 saturated carbocycles. The fourth-order valence-corrected chi connectivity index (χ4v) is 3.69. The Balaban J connectivity index is 1.54. The number of H-pyrrole nitrogens is 2. The van der Waals surface area contributed by atoms with Crippen LogP contribution >= 0.6 is 0 Å². The van der Waals surface area contributed by atoms with Crippen LogP contribution in [0.2, 0.25) is 0 Å². The quantitative estimate of drug-likeness (QED) is 0.492. The number of rotatable bonds is 5. The van der Waals surface area contributed by atoms with Crippen molar-refractivity contribution < 1.29 is 13.2 Å². The number of hydrogen-bond donors (Lipinski definition) is 3. The van der Waals surface area contributed by atoms with E-state index in [1.165, 1.54) is 12.1 Å². The first-order valence-electron chi connectivity index (χ1n) is 8.07. The predicted molar refractivity (Wildman–Crippen MR) is 103 cm³/mol. The van der Waals surface area contributed by atoms with Crippen molar-refractivity contribution in [1.82, 2.24) is 9.97 Å². The molecule has 3 aromatic carbocycles. The molecule has 1 aromatic heterocycles. The first-order chi connectivity index (χ1) is 13.0. The van der Waals surface area contributed by atoms with E-state index in [4.69, 9.17) is 4.74 Å². The van der Waals surface area contributed by atoms with Crippen molar-refractivity contribution in [2.24, 2.45) is 0 Å². The van der Waals surface area contributed by atoms with Crippen molar-refractivity contribution in [2.45, 2.75) is 4.90 Å². The van der Waals surface area contributed by atoms with Gasteiger partial charge in [-0.2, -0.15) is 0 Å². The van der Waals surface area contributed by atoms with Crippen molar-refractivity contribution in [3.05, 3.63) is 83.3 Å². The molecule has 0 bridgehead atoms. The third kappa shape index (κ3) is 3.70. The Morgan fingerprint density at radius 1 is 0.778 bits per heavy atom. The number of para-hydroxylation sites is 1. The summed E-state index contributed by atoms with van der Waals surface area (Å²) < 4.78 is 33.4. The fraction of sp³-hybridized carbons (Fsp3) is 0. The number of hydrogen-bond acceptors (Lipinski definition) is 4. The van der Waals surface area contributed by atoms with Crippen LogP contribution in [-0.2, 0) is 10.0 Å². The number of aromatic amines is 2. The van der Waals surface area contributed by atoms with E-state index in [0.29, 0.717) is 28.2 Å². The maximum Gasteiger partial charge on any atom is 0.323 e. The first-order valence-corrected chi connectivity index (χ1v) is 9.56. The molecular formula is C19H15N3O4S. The second-order valence-electron chi connectivity index (χ2n) is 5.83. The molecule has 8 heteroatoms. The molecule has 3 N–H and O–H groups in total. The molecule has 0 spiro atoms. The zero-order valence-electron chi connectivity index (χ0n) is 14.0. The maximum atomic E-state index is 12.6. The Morgan fingerprint density at radius 2 is 1.44 bits per heavy atom. The lowest BCUT2D eigenvalue weighted by molar-refractivity contribution is 0.483. The van der Waals surface area contributed by atoms with Crippen LogP contribution < -0.4 is 15.1 Å². The number of aromatic nitrogens is 2. The molecule has 4 aromatic rings. The van der Waals surface area contributed by atoms with E-state index in [1.54, 1.807) is 30.3 Å². The molecule has 0 saturated heterocycles. The minimum absolute atomic E-state index is 0.0508. The van der Waals surface area contributed by atoms with Gasteiger partial charge in [0.1, 0.15) is 11.5 Å². The molecule has 0 aliphatic carbocycles. The minimum atomic E-state index is -3.79. The Hall–Kier alpha value is -3.52. The average molecular weight is 381 g/mol. The van der Waals surface area contributed by atoms with E-state index in [0.717, 1.165) is 0 Å². The molecule has 0 atom stereocenters. The number of nitrogens with one attached hydrogen (secondary N) is 3. The van der Waals surface area contributed by atoms with Crippen molar-refractivity contribution in [2.75, 3.05) is 4.72 Å². The molecule has 0 radical (unpaired) electrons. The number of anilines is 1. The molecule has 0 aliphatic heterocycles. The largest absolute Gasteiger partial charge is 0.457 e. The second-order valence-corrected chi connectivity index (χ2v) is 7.51. The van der Waals surface area contributed by atoms with Crippen LogP contribution in [0.25, 0.3) is 11.0 Å². The molecule has 4 rings (SSSR count). The summed E-state index contributed by atoms with van der Waals surface area (Å²) in [7, 11) is -3.79. The highest BCUT2D eigenvalue weighted by Gasteiger charge is 2.15. The lowest BCUT2D eigenvalue weighted by Gasteiger charge is -2.10. The Labute approximate surface area is 154 Å². The van der Waals surface area contributed by atoms with Crippen molar-refractivity contribution in [1.29, 1.82) is 0 Å². The summed E-state index contributed by atoms with van der Waals surface area (Å²) >= 11 is 0. The highest BCUT2D eigenvalue weighted by molar-refractivity contribution is 7.92. The van der Waals surface area contributed by atoms with Gasteiger partial charge in [0.05, 0.1) is 15.9 Å². The Morgan fingerprint density at radius 3 is 2.19 bits per heavy atom. The van der Waals surface area contributed by atoms with Crippen LogP contribution in [0.4, 0.5) is 5.69 Å². The van der Waals surface area contributed by atoms with Gasteiger partial charge in [-0.3, -0.25) is 4.72 Å². The van der Waals surface area contributed by atoms with E-state index in [2.05, 4.69) is 14.7 Å². The van der Waals surface area contributed by atoms with Crippen molar-refractivity contribution in [3.8, 4) is 11.5 Å². The van der Waals surface area contributed by atoms with Gasteiger partial charge in [-0.05, 0) is 54.6 Å². The average Bonchev–Trinajstić information content (AvgIpc) is 3.03. The minimum Gasteiger partial charge on any atom is -0.457 e.